The van der Waals surface area contributed by atoms with Crippen LogP contribution in [0.3, 0.4) is 0 Å². The summed E-state index contributed by atoms with van der Waals surface area (Å²) < 4.78 is 0. The van der Waals surface area contributed by atoms with Gasteiger partial charge in [-0.1, -0.05) is 12.0 Å². The number of carbonyl (C=O) groups excluding carboxylic acids is 2. The fourth-order valence-electron chi connectivity index (χ4n) is 1.84. The minimum Gasteiger partial charge on any atom is -0.359 e. The summed E-state index contributed by atoms with van der Waals surface area (Å²) in [6.07, 6.45) is 0.315. The molecule has 0 atom stereocenters. The Morgan fingerprint density at radius 2 is 2.33 bits per heavy atom. The normalized spacial score (nSPS) is 12.9. The Morgan fingerprint density at radius 3 is 3.00 bits per heavy atom. The molecule has 2 N–H and O–H groups in total. The molecule has 0 saturated heterocycles. The Kier molecular flexibility index (Phi) is 3.28. The van der Waals surface area contributed by atoms with Gasteiger partial charge in [-0.2, -0.15) is 0 Å². The molecule has 1 aromatic heterocycles. The van der Waals surface area contributed by atoms with Gasteiger partial charge in [-0.15, -0.1) is 0 Å². The minimum atomic E-state index is -0.663. The van der Waals surface area contributed by atoms with Crippen LogP contribution in [0, 0.1) is 11.8 Å². The van der Waals surface area contributed by atoms with Crippen LogP contribution in [0.1, 0.15) is 28.7 Å². The maximum atomic E-state index is 11.9. The summed E-state index contributed by atoms with van der Waals surface area (Å²) in [4.78, 5) is 28.4. The van der Waals surface area contributed by atoms with Crippen LogP contribution in [0.4, 0.5) is 0 Å². The summed E-state index contributed by atoms with van der Waals surface area (Å²) in [5, 5.41) is 0. The fourth-order valence-corrected chi connectivity index (χ4v) is 1.84. The molecule has 0 spiro atoms. The first-order chi connectivity index (χ1) is 8.61. The number of nitrogens with zero attached hydrogens (tertiary/aromatic N) is 2. The average Bonchev–Trinajstić information content (AvgIpc) is 2.66. The van der Waals surface area contributed by atoms with Crippen molar-refractivity contribution in [1.29, 1.82) is 0 Å². The molecule has 1 aliphatic rings. The molecule has 0 fully saturated rings. The van der Waals surface area contributed by atoms with Crippen molar-refractivity contribution in [3.05, 3.63) is 29.1 Å². The number of pyridine rings is 1. The van der Waals surface area contributed by atoms with Gasteiger partial charge in [0.2, 0.25) is 0 Å². The first-order valence-corrected chi connectivity index (χ1v) is 5.68. The number of nitrogens with two attached hydrogens (primary N) is 1. The van der Waals surface area contributed by atoms with E-state index < -0.39 is 5.91 Å². The van der Waals surface area contributed by atoms with Gasteiger partial charge < -0.3 is 10.6 Å². The maximum absolute atomic E-state index is 11.9. The molecule has 0 bridgehead atoms. The molecule has 1 aromatic rings. The van der Waals surface area contributed by atoms with Gasteiger partial charge in [0, 0.05) is 18.7 Å². The van der Waals surface area contributed by atoms with Gasteiger partial charge in [0.15, 0.2) is 0 Å². The summed E-state index contributed by atoms with van der Waals surface area (Å²) in [5.74, 6) is 4.16. The van der Waals surface area contributed by atoms with Gasteiger partial charge in [-0.05, 0) is 18.9 Å². The monoisotopic (exact) mass is 243 g/mol. The second-order valence-electron chi connectivity index (χ2n) is 3.97. The lowest BCUT2D eigenvalue weighted by atomic mass is 10.2. The number of primary amides is 1. The third-order valence-electron chi connectivity index (χ3n) is 2.75. The Hall–Kier alpha value is -2.35. The predicted octanol–water partition coefficient (Wildman–Crippen LogP) is 0.0885. The average molecular weight is 243 g/mol. The van der Waals surface area contributed by atoms with Crippen LogP contribution in [0.15, 0.2) is 12.1 Å². The van der Waals surface area contributed by atoms with E-state index in [0.29, 0.717) is 30.9 Å². The Labute approximate surface area is 105 Å². The molecule has 2 amide bonds. The summed E-state index contributed by atoms with van der Waals surface area (Å²) in [6.45, 7) is 3.22. The van der Waals surface area contributed by atoms with Crippen LogP contribution in [-0.4, -0.2) is 28.2 Å². The largest absolute Gasteiger partial charge is 0.359 e. The van der Waals surface area contributed by atoms with Gasteiger partial charge in [-0.25, -0.2) is 4.98 Å². The van der Waals surface area contributed by atoms with Crippen molar-refractivity contribution in [2.75, 3.05) is 6.54 Å². The minimum absolute atomic E-state index is 0.0442. The van der Waals surface area contributed by atoms with E-state index in [0.717, 1.165) is 5.56 Å². The van der Waals surface area contributed by atoms with Crippen molar-refractivity contribution in [3.63, 3.8) is 0 Å². The zero-order valence-electron chi connectivity index (χ0n) is 10.1. The molecule has 0 unspecified atom stereocenters. The molecule has 5 nitrogen and oxygen atoms in total. The second kappa shape index (κ2) is 4.88. The third-order valence-corrected chi connectivity index (χ3v) is 2.75. The van der Waals surface area contributed by atoms with Crippen LogP contribution in [0.5, 0.6) is 0 Å². The van der Waals surface area contributed by atoms with Gasteiger partial charge in [0.1, 0.15) is 5.69 Å². The highest BCUT2D eigenvalue weighted by Crippen LogP contribution is 2.20. The zero-order chi connectivity index (χ0) is 13.1. The molecule has 0 saturated carbocycles. The lowest BCUT2D eigenvalue weighted by Crippen LogP contribution is -2.23. The number of hydrogen-bond acceptors (Lipinski definition) is 3. The van der Waals surface area contributed by atoms with E-state index in [1.807, 2.05) is 19.1 Å². The lowest BCUT2D eigenvalue weighted by Gasteiger charge is -2.10. The molecule has 18 heavy (non-hydrogen) atoms. The molecule has 2 rings (SSSR count). The highest BCUT2D eigenvalue weighted by atomic mass is 16.2. The molecular formula is C13H13N3O2. The van der Waals surface area contributed by atoms with Crippen LogP contribution in [0.25, 0.3) is 0 Å². The Bertz CT molecular complexity index is 569. The molecule has 0 aliphatic carbocycles. The first kappa shape index (κ1) is 12.1. The van der Waals surface area contributed by atoms with Crippen LogP contribution in [-0.2, 0) is 17.8 Å². The number of carbonyl (C=O) groups is 2. The molecule has 5 heteroatoms. The van der Waals surface area contributed by atoms with E-state index in [1.54, 1.807) is 4.90 Å². The molecule has 2 heterocycles. The SMILES string of the molecule is CCN1Cc2ccc(CC#CC(N)=O)nc2C1=O. The number of fused-ring (bicyclic) bond motifs is 1. The highest BCUT2D eigenvalue weighted by molar-refractivity contribution is 5.96. The highest BCUT2D eigenvalue weighted by Gasteiger charge is 2.27. The van der Waals surface area contributed by atoms with Crippen molar-refractivity contribution in [1.82, 2.24) is 9.88 Å². The summed E-state index contributed by atoms with van der Waals surface area (Å²) in [7, 11) is 0. The number of amides is 2. The Morgan fingerprint density at radius 1 is 1.56 bits per heavy atom. The van der Waals surface area contributed by atoms with Gasteiger partial charge in [-0.3, -0.25) is 9.59 Å². The van der Waals surface area contributed by atoms with Gasteiger partial charge >= 0.3 is 0 Å². The molecule has 92 valence electrons. The third kappa shape index (κ3) is 2.33. The first-order valence-electron chi connectivity index (χ1n) is 5.68. The van der Waals surface area contributed by atoms with Crippen LogP contribution in [0.2, 0.25) is 0 Å². The maximum Gasteiger partial charge on any atom is 0.293 e. The van der Waals surface area contributed by atoms with E-state index in [-0.39, 0.29) is 5.91 Å². The van der Waals surface area contributed by atoms with Crippen molar-refractivity contribution in [2.24, 2.45) is 5.73 Å². The number of aromatic nitrogens is 1. The molecule has 0 aromatic carbocycles. The summed E-state index contributed by atoms with van der Waals surface area (Å²) in [5.41, 5.74) is 7.02. The van der Waals surface area contributed by atoms with E-state index in [2.05, 4.69) is 16.8 Å². The van der Waals surface area contributed by atoms with E-state index in [4.69, 9.17) is 5.73 Å². The topological polar surface area (TPSA) is 76.3 Å². The molecule has 1 aliphatic heterocycles. The summed E-state index contributed by atoms with van der Waals surface area (Å²) in [6, 6.07) is 3.71. The van der Waals surface area contributed by atoms with E-state index in [9.17, 15) is 9.59 Å². The van der Waals surface area contributed by atoms with Gasteiger partial charge in [0.05, 0.1) is 12.1 Å². The van der Waals surface area contributed by atoms with Crippen molar-refractivity contribution in [2.45, 2.75) is 19.9 Å². The number of hydrogen-bond donors (Lipinski definition) is 1. The van der Waals surface area contributed by atoms with Crippen molar-refractivity contribution < 1.29 is 9.59 Å². The van der Waals surface area contributed by atoms with E-state index in [1.165, 1.54) is 0 Å². The second-order valence-corrected chi connectivity index (χ2v) is 3.97. The van der Waals surface area contributed by atoms with Crippen LogP contribution >= 0.6 is 0 Å². The standard InChI is InChI=1S/C13H13N3O2/c1-2-16-8-9-6-7-10(4-3-5-11(14)17)15-12(9)13(16)18/h6-7H,2,4,8H2,1H3,(H2,14,17). The molecule has 0 radical (unpaired) electrons. The smallest absolute Gasteiger partial charge is 0.293 e. The van der Waals surface area contributed by atoms with E-state index >= 15 is 0 Å². The quantitative estimate of drug-likeness (QED) is 0.748. The van der Waals surface area contributed by atoms with Crippen LogP contribution < -0.4 is 5.73 Å². The predicted molar refractivity (Wildman–Crippen MR) is 65.3 cm³/mol. The zero-order valence-corrected chi connectivity index (χ0v) is 10.1. The molecular weight excluding hydrogens is 230 g/mol. The fraction of sp³-hybridized carbons (Fsp3) is 0.308. The Balaban J connectivity index is 2.20. The van der Waals surface area contributed by atoms with Gasteiger partial charge in [0.25, 0.3) is 11.8 Å². The number of rotatable bonds is 2. The van der Waals surface area contributed by atoms with Crippen molar-refractivity contribution >= 4 is 11.8 Å². The summed E-state index contributed by atoms with van der Waals surface area (Å²) >= 11 is 0. The lowest BCUT2D eigenvalue weighted by molar-refractivity contribution is -0.112. The van der Waals surface area contributed by atoms with Crippen molar-refractivity contribution in [3.8, 4) is 11.8 Å².